The van der Waals surface area contributed by atoms with Crippen LogP contribution in [0.4, 0.5) is 28.7 Å². The molecular weight excluding hydrogens is 470 g/mol. The number of nitrogens with one attached hydrogen (secondary N) is 4. The number of carbonyl (C=O) groups is 1. The van der Waals surface area contributed by atoms with Crippen LogP contribution in [0.5, 0.6) is 0 Å². The van der Waals surface area contributed by atoms with Crippen LogP contribution in [0.25, 0.3) is 0 Å². The lowest BCUT2D eigenvalue weighted by atomic mass is 10.1. The normalized spacial score (nSPS) is 10.8. The molecule has 0 radical (unpaired) electrons. The van der Waals surface area contributed by atoms with Gasteiger partial charge in [-0.25, -0.2) is 28.8 Å². The second-order valence-corrected chi connectivity index (χ2v) is 9.20. The van der Waals surface area contributed by atoms with Gasteiger partial charge in [0.25, 0.3) is 5.91 Å². The maximum atomic E-state index is 12.7. The van der Waals surface area contributed by atoms with Gasteiger partial charge in [0.15, 0.2) is 0 Å². The SMILES string of the molecule is C#Cc1ccc(Nc2cc(Nc3cc(C)nc(C)n3)ncc2C(=O)NOCC)c(NS(C)(=O)=O)c1. The van der Waals surface area contributed by atoms with Gasteiger partial charge in [0.2, 0.25) is 10.0 Å². The van der Waals surface area contributed by atoms with Gasteiger partial charge in [0.1, 0.15) is 17.5 Å². The van der Waals surface area contributed by atoms with E-state index in [1.807, 2.05) is 6.92 Å². The summed E-state index contributed by atoms with van der Waals surface area (Å²) in [7, 11) is -3.61. The van der Waals surface area contributed by atoms with Crippen molar-refractivity contribution in [3.05, 3.63) is 59.2 Å². The largest absolute Gasteiger partial charge is 0.353 e. The highest BCUT2D eigenvalue weighted by Gasteiger charge is 2.17. The third-order valence-corrected chi connectivity index (χ3v) is 5.02. The quantitative estimate of drug-likeness (QED) is 0.260. The standard InChI is InChI=1S/C23H25N7O4S/c1-6-16-8-9-18(20(11-16)30-35(5,32)33)27-19-12-21(24-13-17(19)23(31)29-34-7-2)28-22-10-14(3)25-15(4)26-22/h1,8-13,30H,7H2,2-5H3,(H,29,31)(H2,24,25,26,27,28). The van der Waals surface area contributed by atoms with Crippen molar-refractivity contribution >= 4 is 44.6 Å². The Morgan fingerprint density at radius 3 is 2.49 bits per heavy atom. The van der Waals surface area contributed by atoms with E-state index in [0.717, 1.165) is 11.9 Å². The molecule has 1 amide bonds. The van der Waals surface area contributed by atoms with Crippen LogP contribution in [-0.4, -0.2) is 42.1 Å². The molecule has 3 aromatic rings. The van der Waals surface area contributed by atoms with E-state index in [1.165, 1.54) is 12.3 Å². The zero-order valence-corrected chi connectivity index (χ0v) is 20.4. The van der Waals surface area contributed by atoms with E-state index in [0.29, 0.717) is 34.4 Å². The third kappa shape index (κ3) is 7.13. The number of hydroxylamine groups is 1. The molecule has 0 fully saturated rings. The molecule has 0 unspecified atom stereocenters. The van der Waals surface area contributed by atoms with Crippen LogP contribution in [0.15, 0.2) is 36.5 Å². The molecule has 1 aromatic carbocycles. The average Bonchev–Trinajstić information content (AvgIpc) is 2.77. The lowest BCUT2D eigenvalue weighted by Crippen LogP contribution is -2.24. The molecule has 2 aromatic heterocycles. The summed E-state index contributed by atoms with van der Waals surface area (Å²) in [5.41, 5.74) is 4.65. The van der Waals surface area contributed by atoms with E-state index >= 15 is 0 Å². The molecule has 182 valence electrons. The minimum absolute atomic E-state index is 0.158. The minimum atomic E-state index is -3.61. The fourth-order valence-electron chi connectivity index (χ4n) is 3.09. The maximum Gasteiger partial charge on any atom is 0.278 e. The zero-order chi connectivity index (χ0) is 25.6. The van der Waals surface area contributed by atoms with E-state index in [2.05, 4.69) is 41.7 Å². The summed E-state index contributed by atoms with van der Waals surface area (Å²) in [6, 6.07) is 8.10. The molecule has 2 heterocycles. The third-order valence-electron chi connectivity index (χ3n) is 4.43. The van der Waals surface area contributed by atoms with Crippen molar-refractivity contribution in [2.75, 3.05) is 28.2 Å². The fourth-order valence-corrected chi connectivity index (χ4v) is 3.65. The summed E-state index contributed by atoms with van der Waals surface area (Å²) in [5, 5.41) is 6.19. The average molecular weight is 496 g/mol. The van der Waals surface area contributed by atoms with Crippen molar-refractivity contribution < 1.29 is 18.0 Å². The van der Waals surface area contributed by atoms with Crippen LogP contribution in [0.1, 0.15) is 34.4 Å². The number of nitrogens with zero attached hydrogens (tertiary/aromatic N) is 3. The molecule has 0 spiro atoms. The monoisotopic (exact) mass is 495 g/mol. The number of rotatable bonds is 9. The predicted octanol–water partition coefficient (Wildman–Crippen LogP) is 3.01. The van der Waals surface area contributed by atoms with E-state index in [-0.39, 0.29) is 17.9 Å². The Hall–Kier alpha value is -4.21. The summed E-state index contributed by atoms with van der Waals surface area (Å²) in [6.45, 7) is 5.62. The van der Waals surface area contributed by atoms with Crippen molar-refractivity contribution in [3.8, 4) is 12.3 Å². The second kappa shape index (κ2) is 10.8. The number of terminal acetylenes is 1. The summed E-state index contributed by atoms with van der Waals surface area (Å²) >= 11 is 0. The topological polar surface area (TPSA) is 147 Å². The molecule has 0 atom stereocenters. The Morgan fingerprint density at radius 1 is 1.06 bits per heavy atom. The number of aromatic nitrogens is 3. The van der Waals surface area contributed by atoms with Crippen LogP contribution in [0.2, 0.25) is 0 Å². The van der Waals surface area contributed by atoms with Crippen molar-refractivity contribution in [2.45, 2.75) is 20.8 Å². The number of benzene rings is 1. The first-order valence-corrected chi connectivity index (χ1v) is 12.3. The van der Waals surface area contributed by atoms with Gasteiger partial charge in [-0.1, -0.05) is 5.92 Å². The van der Waals surface area contributed by atoms with Gasteiger partial charge < -0.3 is 10.6 Å². The Morgan fingerprint density at radius 2 is 1.83 bits per heavy atom. The number of aryl methyl sites for hydroxylation is 2. The summed E-state index contributed by atoms with van der Waals surface area (Å²) < 4.78 is 26.3. The smallest absolute Gasteiger partial charge is 0.278 e. The van der Waals surface area contributed by atoms with Crippen molar-refractivity contribution in [1.82, 2.24) is 20.4 Å². The van der Waals surface area contributed by atoms with Gasteiger partial charge in [0, 0.05) is 29.6 Å². The zero-order valence-electron chi connectivity index (χ0n) is 19.6. The first-order valence-electron chi connectivity index (χ1n) is 10.4. The highest BCUT2D eigenvalue weighted by molar-refractivity contribution is 7.92. The van der Waals surface area contributed by atoms with Gasteiger partial charge in [-0.3, -0.25) is 14.4 Å². The number of pyridine rings is 1. The van der Waals surface area contributed by atoms with E-state index in [9.17, 15) is 13.2 Å². The molecule has 0 aliphatic carbocycles. The molecule has 0 bridgehead atoms. The van der Waals surface area contributed by atoms with Gasteiger partial charge in [-0.05, 0) is 39.0 Å². The number of anilines is 5. The van der Waals surface area contributed by atoms with Crippen molar-refractivity contribution in [1.29, 1.82) is 0 Å². The lowest BCUT2D eigenvalue weighted by Gasteiger charge is -2.17. The number of amides is 1. The molecule has 12 heteroatoms. The molecule has 4 N–H and O–H groups in total. The number of hydrogen-bond donors (Lipinski definition) is 4. The van der Waals surface area contributed by atoms with Crippen molar-refractivity contribution in [3.63, 3.8) is 0 Å². The number of hydrogen-bond acceptors (Lipinski definition) is 9. The van der Waals surface area contributed by atoms with Gasteiger partial charge in [-0.2, -0.15) is 0 Å². The Bertz CT molecular complexity index is 1380. The summed E-state index contributed by atoms with van der Waals surface area (Å²) in [4.78, 5) is 30.6. The van der Waals surface area contributed by atoms with E-state index < -0.39 is 15.9 Å². The Balaban J connectivity index is 2.04. The van der Waals surface area contributed by atoms with Crippen LogP contribution in [0.3, 0.4) is 0 Å². The molecule has 0 saturated carbocycles. The van der Waals surface area contributed by atoms with Crippen LogP contribution in [-0.2, 0) is 14.9 Å². The molecule has 0 aliphatic heterocycles. The van der Waals surface area contributed by atoms with Crippen LogP contribution < -0.4 is 20.8 Å². The summed E-state index contributed by atoms with van der Waals surface area (Å²) in [6.07, 6.45) is 7.86. The molecule has 3 rings (SSSR count). The molecule has 0 saturated heterocycles. The highest BCUT2D eigenvalue weighted by atomic mass is 32.2. The predicted molar refractivity (Wildman–Crippen MR) is 134 cm³/mol. The molecular formula is C23H25N7O4S. The molecule has 0 aliphatic rings. The van der Waals surface area contributed by atoms with Crippen LogP contribution >= 0.6 is 0 Å². The molecule has 35 heavy (non-hydrogen) atoms. The van der Waals surface area contributed by atoms with Gasteiger partial charge >= 0.3 is 0 Å². The van der Waals surface area contributed by atoms with Gasteiger partial charge in [-0.15, -0.1) is 6.42 Å². The Labute approximate surface area is 203 Å². The second-order valence-electron chi connectivity index (χ2n) is 7.45. The highest BCUT2D eigenvalue weighted by Crippen LogP contribution is 2.30. The van der Waals surface area contributed by atoms with Crippen molar-refractivity contribution in [2.24, 2.45) is 0 Å². The minimum Gasteiger partial charge on any atom is -0.353 e. The van der Waals surface area contributed by atoms with E-state index in [1.54, 1.807) is 38.1 Å². The first-order chi connectivity index (χ1) is 16.6. The molecule has 11 nitrogen and oxygen atoms in total. The van der Waals surface area contributed by atoms with Gasteiger partial charge in [0.05, 0.1) is 35.5 Å². The number of sulfonamides is 1. The maximum absolute atomic E-state index is 12.7. The van der Waals surface area contributed by atoms with Crippen LogP contribution in [0, 0.1) is 26.2 Å². The summed E-state index contributed by atoms with van der Waals surface area (Å²) in [5.74, 6) is 3.42. The number of carbonyl (C=O) groups excluding carboxylic acids is 1. The lowest BCUT2D eigenvalue weighted by molar-refractivity contribution is 0.0365. The first kappa shape index (κ1) is 25.4. The van der Waals surface area contributed by atoms with E-state index in [4.69, 9.17) is 11.3 Å². The fraction of sp³-hybridized carbons (Fsp3) is 0.217. The Kier molecular flexibility index (Phi) is 7.85.